The third-order valence-corrected chi connectivity index (χ3v) is 4.67. The molecule has 0 saturated carbocycles. The maximum Gasteiger partial charge on any atom is 0.338 e. The van der Waals surface area contributed by atoms with Gasteiger partial charge in [-0.2, -0.15) is 0 Å². The summed E-state index contributed by atoms with van der Waals surface area (Å²) in [6, 6.07) is 11.3. The fraction of sp³-hybridized carbons (Fsp3) is 0.222. The highest BCUT2D eigenvalue weighted by atomic mass is 32.2. The second kappa shape index (κ2) is 9.00. The predicted molar refractivity (Wildman–Crippen MR) is 100 cm³/mol. The summed E-state index contributed by atoms with van der Waals surface area (Å²) in [6.45, 7) is 1.74. The number of amides is 1. The molecule has 0 heterocycles. The van der Waals surface area contributed by atoms with Gasteiger partial charge in [-0.1, -0.05) is 18.2 Å². The van der Waals surface area contributed by atoms with Crippen LogP contribution in [0.4, 0.5) is 11.4 Å². The second-order valence-corrected chi connectivity index (χ2v) is 6.42. The molecule has 2 aromatic carbocycles. The monoisotopic (exact) mass is 374 g/mol. The molecule has 7 nitrogen and oxygen atoms in total. The SMILES string of the molecule is COC(=O)c1cccc(NC(=O)CSCc2ccc([N+](=O)[O-])cc2)c1C. The Morgan fingerprint density at radius 2 is 1.88 bits per heavy atom. The van der Waals surface area contributed by atoms with Gasteiger partial charge in [-0.3, -0.25) is 14.9 Å². The first kappa shape index (κ1) is 19.5. The quantitative estimate of drug-likeness (QED) is 0.452. The van der Waals surface area contributed by atoms with Gasteiger partial charge < -0.3 is 10.1 Å². The van der Waals surface area contributed by atoms with Gasteiger partial charge in [0.15, 0.2) is 0 Å². The Morgan fingerprint density at radius 1 is 1.19 bits per heavy atom. The zero-order valence-corrected chi connectivity index (χ0v) is 15.2. The molecule has 136 valence electrons. The van der Waals surface area contributed by atoms with E-state index in [-0.39, 0.29) is 17.3 Å². The largest absolute Gasteiger partial charge is 0.465 e. The first-order valence-electron chi connectivity index (χ1n) is 7.71. The number of anilines is 1. The molecule has 2 rings (SSSR count). The molecule has 26 heavy (non-hydrogen) atoms. The number of methoxy groups -OCH3 is 1. The molecule has 1 N–H and O–H groups in total. The molecule has 1 amide bonds. The lowest BCUT2D eigenvalue weighted by atomic mass is 10.1. The minimum atomic E-state index is -0.453. The van der Waals surface area contributed by atoms with E-state index in [9.17, 15) is 19.7 Å². The normalized spacial score (nSPS) is 10.2. The number of hydrogen-bond acceptors (Lipinski definition) is 6. The molecule has 0 spiro atoms. The van der Waals surface area contributed by atoms with Crippen LogP contribution < -0.4 is 5.32 Å². The Balaban J connectivity index is 1.89. The lowest BCUT2D eigenvalue weighted by molar-refractivity contribution is -0.384. The number of esters is 1. The first-order valence-corrected chi connectivity index (χ1v) is 8.86. The summed E-state index contributed by atoms with van der Waals surface area (Å²) in [5.74, 6) is 0.138. The van der Waals surface area contributed by atoms with Gasteiger partial charge in [0.1, 0.15) is 0 Å². The fourth-order valence-corrected chi connectivity index (χ4v) is 3.05. The maximum atomic E-state index is 12.1. The van der Waals surface area contributed by atoms with E-state index in [1.807, 2.05) is 0 Å². The number of carbonyl (C=O) groups excluding carboxylic acids is 2. The summed E-state index contributed by atoms with van der Waals surface area (Å²) >= 11 is 1.40. The summed E-state index contributed by atoms with van der Waals surface area (Å²) in [6.07, 6.45) is 0. The number of carbonyl (C=O) groups is 2. The minimum absolute atomic E-state index is 0.0393. The first-order chi connectivity index (χ1) is 12.4. The number of ether oxygens (including phenoxy) is 1. The number of rotatable bonds is 7. The molecule has 0 bridgehead atoms. The number of nitro benzene ring substituents is 1. The topological polar surface area (TPSA) is 98.5 Å². The van der Waals surface area contributed by atoms with Crippen LogP contribution in [-0.2, 0) is 15.3 Å². The summed E-state index contributed by atoms with van der Waals surface area (Å²) in [5, 5.41) is 13.4. The molecule has 0 aliphatic rings. The van der Waals surface area contributed by atoms with Gasteiger partial charge in [0.05, 0.1) is 23.3 Å². The van der Waals surface area contributed by atoms with Gasteiger partial charge in [-0.05, 0) is 30.2 Å². The summed E-state index contributed by atoms with van der Waals surface area (Å²) in [5.41, 5.74) is 2.56. The highest BCUT2D eigenvalue weighted by Crippen LogP contribution is 2.21. The van der Waals surface area contributed by atoms with Crippen molar-refractivity contribution in [2.24, 2.45) is 0 Å². The molecule has 8 heteroatoms. The van der Waals surface area contributed by atoms with E-state index in [0.29, 0.717) is 22.6 Å². The van der Waals surface area contributed by atoms with Gasteiger partial charge in [-0.25, -0.2) is 4.79 Å². The minimum Gasteiger partial charge on any atom is -0.465 e. The van der Waals surface area contributed by atoms with E-state index in [1.165, 1.54) is 31.0 Å². The van der Waals surface area contributed by atoms with Crippen molar-refractivity contribution in [2.75, 3.05) is 18.2 Å². The van der Waals surface area contributed by atoms with Crippen LogP contribution in [0.3, 0.4) is 0 Å². The van der Waals surface area contributed by atoms with Crippen LogP contribution in [0.25, 0.3) is 0 Å². The molecule has 2 aromatic rings. The van der Waals surface area contributed by atoms with Crippen molar-refractivity contribution in [2.45, 2.75) is 12.7 Å². The summed E-state index contributed by atoms with van der Waals surface area (Å²) in [4.78, 5) is 34.0. The molecule has 0 aliphatic heterocycles. The third-order valence-electron chi connectivity index (χ3n) is 3.66. The van der Waals surface area contributed by atoms with E-state index in [0.717, 1.165) is 5.56 Å². The molecule has 0 aromatic heterocycles. The number of hydrogen-bond donors (Lipinski definition) is 1. The highest BCUT2D eigenvalue weighted by molar-refractivity contribution is 7.99. The van der Waals surface area contributed by atoms with Gasteiger partial charge in [0.2, 0.25) is 5.91 Å². The van der Waals surface area contributed by atoms with Gasteiger partial charge >= 0.3 is 5.97 Å². The Hall–Kier alpha value is -2.87. The van der Waals surface area contributed by atoms with Crippen molar-refractivity contribution < 1.29 is 19.2 Å². The molecule has 0 fully saturated rings. The number of nitrogens with one attached hydrogen (secondary N) is 1. The van der Waals surface area contributed by atoms with E-state index < -0.39 is 10.9 Å². The zero-order chi connectivity index (χ0) is 19.1. The number of thioether (sulfide) groups is 1. The standard InChI is InChI=1S/C18H18N2O5S/c1-12-15(18(22)25-2)4-3-5-16(12)19-17(21)11-26-10-13-6-8-14(9-7-13)20(23)24/h3-9H,10-11H2,1-2H3,(H,19,21). The third kappa shape index (κ3) is 5.06. The molecule has 0 radical (unpaired) electrons. The molecular formula is C18H18N2O5S. The summed E-state index contributed by atoms with van der Waals surface area (Å²) in [7, 11) is 1.31. The average Bonchev–Trinajstić information content (AvgIpc) is 2.63. The molecular weight excluding hydrogens is 356 g/mol. The van der Waals surface area contributed by atoms with E-state index in [4.69, 9.17) is 4.74 Å². The molecule has 0 unspecified atom stereocenters. The van der Waals surface area contributed by atoms with Crippen LogP contribution in [0, 0.1) is 17.0 Å². The lowest BCUT2D eigenvalue weighted by Gasteiger charge is -2.11. The second-order valence-electron chi connectivity index (χ2n) is 5.43. The van der Waals surface area contributed by atoms with Crippen LogP contribution in [0.2, 0.25) is 0 Å². The van der Waals surface area contributed by atoms with Crippen LogP contribution >= 0.6 is 11.8 Å². The van der Waals surface area contributed by atoms with Crippen LogP contribution in [-0.4, -0.2) is 29.7 Å². The van der Waals surface area contributed by atoms with E-state index in [1.54, 1.807) is 37.3 Å². The molecule has 0 saturated heterocycles. The molecule has 0 atom stereocenters. The van der Waals surface area contributed by atoms with Crippen molar-refractivity contribution >= 4 is 35.0 Å². The van der Waals surface area contributed by atoms with E-state index >= 15 is 0 Å². The Bertz CT molecular complexity index is 821. The average molecular weight is 374 g/mol. The smallest absolute Gasteiger partial charge is 0.338 e. The van der Waals surface area contributed by atoms with Crippen LogP contribution in [0.1, 0.15) is 21.5 Å². The number of nitro groups is 1. The number of benzene rings is 2. The van der Waals surface area contributed by atoms with Gasteiger partial charge in [0.25, 0.3) is 5.69 Å². The number of nitrogens with zero attached hydrogens (tertiary/aromatic N) is 1. The van der Waals surface area contributed by atoms with Crippen molar-refractivity contribution in [3.05, 3.63) is 69.3 Å². The van der Waals surface area contributed by atoms with Crippen LogP contribution in [0.15, 0.2) is 42.5 Å². The molecule has 0 aliphatic carbocycles. The Kier molecular flexibility index (Phi) is 6.74. The van der Waals surface area contributed by atoms with E-state index in [2.05, 4.69) is 5.32 Å². The lowest BCUT2D eigenvalue weighted by Crippen LogP contribution is -2.16. The zero-order valence-electron chi connectivity index (χ0n) is 14.4. The maximum absolute atomic E-state index is 12.1. The van der Waals surface area contributed by atoms with Crippen LogP contribution in [0.5, 0.6) is 0 Å². The van der Waals surface area contributed by atoms with Crippen molar-refractivity contribution in [1.82, 2.24) is 0 Å². The Labute approximate surface area is 154 Å². The predicted octanol–water partition coefficient (Wildman–Crippen LogP) is 3.56. The van der Waals surface area contributed by atoms with Crippen molar-refractivity contribution in [3.63, 3.8) is 0 Å². The highest BCUT2D eigenvalue weighted by Gasteiger charge is 2.13. The van der Waals surface area contributed by atoms with Crippen molar-refractivity contribution in [1.29, 1.82) is 0 Å². The summed E-state index contributed by atoms with van der Waals surface area (Å²) < 4.78 is 4.72. The van der Waals surface area contributed by atoms with Gasteiger partial charge in [-0.15, -0.1) is 11.8 Å². The number of non-ortho nitro benzene ring substituents is 1. The fourth-order valence-electron chi connectivity index (χ4n) is 2.26. The Morgan fingerprint density at radius 3 is 2.50 bits per heavy atom. The van der Waals surface area contributed by atoms with Gasteiger partial charge in [0, 0.05) is 23.6 Å². The van der Waals surface area contributed by atoms with Crippen molar-refractivity contribution in [3.8, 4) is 0 Å².